The van der Waals surface area contributed by atoms with E-state index in [2.05, 4.69) is 9.55 Å². The van der Waals surface area contributed by atoms with Gasteiger partial charge in [0.05, 0.1) is 29.9 Å². The van der Waals surface area contributed by atoms with Crippen molar-refractivity contribution < 1.29 is 19.4 Å². The van der Waals surface area contributed by atoms with Gasteiger partial charge in [-0.15, -0.1) is 0 Å². The number of carbonyl (C=O) groups excluding carboxylic acids is 1. The van der Waals surface area contributed by atoms with Gasteiger partial charge >= 0.3 is 5.97 Å². The van der Waals surface area contributed by atoms with E-state index < -0.39 is 5.97 Å². The van der Waals surface area contributed by atoms with Crippen LogP contribution < -0.4 is 0 Å². The van der Waals surface area contributed by atoms with E-state index in [1.54, 1.807) is 24.4 Å². The van der Waals surface area contributed by atoms with Gasteiger partial charge in [-0.2, -0.15) is 0 Å². The number of fused-ring (bicyclic) bond motifs is 1. The van der Waals surface area contributed by atoms with E-state index in [-0.39, 0.29) is 5.91 Å². The molecule has 7 heteroatoms. The lowest BCUT2D eigenvalue weighted by molar-refractivity contribution is 0.0304. The number of aryl methyl sites for hydroxylation is 2. The monoisotopic (exact) mass is 407 g/mol. The molecule has 4 rings (SSSR count). The molecule has 30 heavy (non-hydrogen) atoms. The highest BCUT2D eigenvalue weighted by Gasteiger charge is 2.23. The molecule has 1 N–H and O–H groups in total. The van der Waals surface area contributed by atoms with Crippen LogP contribution in [0.25, 0.3) is 11.0 Å². The Labute approximate surface area is 174 Å². The van der Waals surface area contributed by atoms with Crippen LogP contribution in [0.4, 0.5) is 0 Å². The number of carboxylic acid groups (broad SMARTS) is 1. The summed E-state index contributed by atoms with van der Waals surface area (Å²) in [6.07, 6.45) is 6.30. The molecule has 1 aliphatic heterocycles. The quantitative estimate of drug-likeness (QED) is 0.608. The summed E-state index contributed by atoms with van der Waals surface area (Å²) < 4.78 is 7.45. The summed E-state index contributed by atoms with van der Waals surface area (Å²) >= 11 is 0. The molecule has 0 atom stereocenters. The summed E-state index contributed by atoms with van der Waals surface area (Å²) in [6.45, 7) is 3.13. The second kappa shape index (κ2) is 9.09. The number of rotatable bonds is 7. The minimum Gasteiger partial charge on any atom is -0.478 e. The molecule has 7 nitrogen and oxygen atoms in total. The first kappa shape index (κ1) is 20.1. The molecule has 0 unspecified atom stereocenters. The fourth-order valence-corrected chi connectivity index (χ4v) is 3.87. The molecule has 0 radical (unpaired) electrons. The van der Waals surface area contributed by atoms with E-state index in [1.807, 2.05) is 29.3 Å². The number of hydrogen-bond acceptors (Lipinski definition) is 4. The lowest BCUT2D eigenvalue weighted by Gasteiger charge is -2.26. The van der Waals surface area contributed by atoms with Crippen LogP contribution >= 0.6 is 0 Å². The molecular weight excluding hydrogens is 382 g/mol. The van der Waals surface area contributed by atoms with E-state index in [1.165, 1.54) is 0 Å². The minimum atomic E-state index is -0.902. The van der Waals surface area contributed by atoms with Crippen LogP contribution in [-0.2, 0) is 17.7 Å². The number of carbonyl (C=O) groups is 2. The van der Waals surface area contributed by atoms with Crippen molar-refractivity contribution in [2.75, 3.05) is 26.3 Å². The summed E-state index contributed by atoms with van der Waals surface area (Å²) in [5.74, 6) is -0.896. The van der Waals surface area contributed by atoms with Crippen LogP contribution in [0.15, 0.2) is 48.8 Å². The first-order valence-corrected chi connectivity index (χ1v) is 10.3. The largest absolute Gasteiger partial charge is 0.478 e. The summed E-state index contributed by atoms with van der Waals surface area (Å²) in [7, 11) is 0. The summed E-state index contributed by atoms with van der Waals surface area (Å²) in [5.41, 5.74) is 3.69. The Morgan fingerprint density at radius 2 is 1.93 bits per heavy atom. The maximum atomic E-state index is 13.0. The van der Waals surface area contributed by atoms with Crippen molar-refractivity contribution in [2.24, 2.45) is 0 Å². The molecule has 3 aromatic rings. The van der Waals surface area contributed by atoms with E-state index in [9.17, 15) is 9.59 Å². The zero-order valence-electron chi connectivity index (χ0n) is 16.8. The van der Waals surface area contributed by atoms with Gasteiger partial charge in [-0.3, -0.25) is 9.78 Å². The van der Waals surface area contributed by atoms with Crippen molar-refractivity contribution in [1.29, 1.82) is 0 Å². The first-order valence-electron chi connectivity index (χ1n) is 10.3. The van der Waals surface area contributed by atoms with E-state index in [4.69, 9.17) is 9.84 Å². The van der Waals surface area contributed by atoms with Gasteiger partial charge in [0.1, 0.15) is 5.52 Å². The summed E-state index contributed by atoms with van der Waals surface area (Å²) in [6, 6.07) is 11.0. The molecule has 3 heterocycles. The fourth-order valence-electron chi connectivity index (χ4n) is 3.87. The smallest absolute Gasteiger partial charge is 0.335 e. The molecule has 1 amide bonds. The fraction of sp³-hybridized carbons (Fsp3) is 0.348. The van der Waals surface area contributed by atoms with Crippen LogP contribution in [0.2, 0.25) is 0 Å². The second-order valence-corrected chi connectivity index (χ2v) is 7.47. The van der Waals surface area contributed by atoms with E-state index >= 15 is 0 Å². The SMILES string of the molecule is O=C(O)c1cccc(CCCCn2cc(C(=O)N3CCOCC3)c3ncccc32)c1. The Morgan fingerprint density at radius 3 is 2.73 bits per heavy atom. The average Bonchev–Trinajstić information content (AvgIpc) is 3.16. The molecular formula is C23H25N3O4. The number of morpholine rings is 1. The topological polar surface area (TPSA) is 84.7 Å². The van der Waals surface area contributed by atoms with Crippen molar-refractivity contribution >= 4 is 22.9 Å². The average molecular weight is 407 g/mol. The van der Waals surface area contributed by atoms with Gasteiger partial charge in [0.25, 0.3) is 5.91 Å². The number of pyridine rings is 1. The molecule has 1 aromatic carbocycles. The molecule has 1 aliphatic rings. The molecule has 0 spiro atoms. The number of aromatic nitrogens is 2. The number of unbranched alkanes of at least 4 members (excludes halogenated alkanes) is 1. The van der Waals surface area contributed by atoms with E-state index in [0.717, 1.165) is 42.4 Å². The number of hydrogen-bond donors (Lipinski definition) is 1. The maximum Gasteiger partial charge on any atom is 0.335 e. The van der Waals surface area contributed by atoms with Crippen molar-refractivity contribution in [3.8, 4) is 0 Å². The number of ether oxygens (including phenoxy) is 1. The number of aromatic carboxylic acids is 1. The Kier molecular flexibility index (Phi) is 6.09. The maximum absolute atomic E-state index is 13.0. The van der Waals surface area contributed by atoms with Crippen molar-refractivity contribution in [2.45, 2.75) is 25.8 Å². The predicted molar refractivity (Wildman–Crippen MR) is 113 cm³/mol. The lowest BCUT2D eigenvalue weighted by atomic mass is 10.1. The molecule has 156 valence electrons. The lowest BCUT2D eigenvalue weighted by Crippen LogP contribution is -2.40. The summed E-state index contributed by atoms with van der Waals surface area (Å²) in [4.78, 5) is 30.4. The van der Waals surface area contributed by atoms with Crippen LogP contribution in [0.1, 0.15) is 39.1 Å². The third-order valence-corrected chi connectivity index (χ3v) is 5.45. The first-order chi connectivity index (χ1) is 14.6. The van der Waals surface area contributed by atoms with E-state index in [0.29, 0.717) is 37.4 Å². The highest BCUT2D eigenvalue weighted by Crippen LogP contribution is 2.22. The Hall–Kier alpha value is -3.19. The van der Waals surface area contributed by atoms with Gasteiger partial charge < -0.3 is 19.3 Å². The van der Waals surface area contributed by atoms with Crippen molar-refractivity contribution in [1.82, 2.24) is 14.5 Å². The normalized spacial score (nSPS) is 14.2. The zero-order chi connectivity index (χ0) is 20.9. The van der Waals surface area contributed by atoms with Crippen LogP contribution in [0, 0.1) is 0 Å². The Morgan fingerprint density at radius 1 is 1.10 bits per heavy atom. The summed E-state index contributed by atoms with van der Waals surface area (Å²) in [5, 5.41) is 9.12. The Bertz CT molecular complexity index is 1050. The van der Waals surface area contributed by atoms with Crippen molar-refractivity contribution in [3.05, 3.63) is 65.5 Å². The minimum absolute atomic E-state index is 0.00577. The standard InChI is InChI=1S/C23H25N3O4/c27-22(25-11-13-30-14-12-25)19-16-26(20-8-4-9-24-21(19)20)10-2-1-5-17-6-3-7-18(15-17)23(28)29/h3-4,6-9,15-16H,1-2,5,10-14H2,(H,28,29). The predicted octanol–water partition coefficient (Wildman–Crippen LogP) is 3.23. The van der Waals surface area contributed by atoms with Crippen molar-refractivity contribution in [3.63, 3.8) is 0 Å². The molecule has 0 saturated carbocycles. The van der Waals surface area contributed by atoms with Gasteiger partial charge in [0.2, 0.25) is 0 Å². The molecule has 0 aliphatic carbocycles. The third-order valence-electron chi connectivity index (χ3n) is 5.45. The van der Waals surface area contributed by atoms with Gasteiger partial charge in [-0.25, -0.2) is 4.79 Å². The molecule has 1 fully saturated rings. The highest BCUT2D eigenvalue weighted by atomic mass is 16.5. The number of carboxylic acids is 1. The Balaban J connectivity index is 1.43. The van der Waals surface area contributed by atoms with Crippen LogP contribution in [0.5, 0.6) is 0 Å². The third kappa shape index (κ3) is 4.36. The number of benzene rings is 1. The van der Waals surface area contributed by atoms with Crippen LogP contribution in [0.3, 0.4) is 0 Å². The number of nitrogens with zero attached hydrogens (tertiary/aromatic N) is 3. The second-order valence-electron chi connectivity index (χ2n) is 7.47. The van der Waals surface area contributed by atoms with Crippen LogP contribution in [-0.4, -0.2) is 57.7 Å². The van der Waals surface area contributed by atoms with Gasteiger partial charge in [-0.05, 0) is 49.1 Å². The zero-order valence-corrected chi connectivity index (χ0v) is 16.8. The van der Waals surface area contributed by atoms with Gasteiger partial charge in [0, 0.05) is 32.0 Å². The van der Waals surface area contributed by atoms with Gasteiger partial charge in [0.15, 0.2) is 0 Å². The number of amides is 1. The highest BCUT2D eigenvalue weighted by molar-refractivity contribution is 6.05. The molecule has 2 aromatic heterocycles. The molecule has 0 bridgehead atoms. The molecule has 1 saturated heterocycles. The van der Waals surface area contributed by atoms with Gasteiger partial charge in [-0.1, -0.05) is 12.1 Å².